The van der Waals surface area contributed by atoms with Crippen molar-refractivity contribution in [2.45, 2.75) is 83.1 Å². The molecule has 0 spiro atoms. The fraction of sp³-hybridized carbons (Fsp3) is 0.727. The van der Waals surface area contributed by atoms with Crippen LogP contribution in [0, 0.1) is 5.92 Å². The van der Waals surface area contributed by atoms with Crippen LogP contribution in [0.4, 0.5) is 4.39 Å². The van der Waals surface area contributed by atoms with Crippen LogP contribution in [0.25, 0.3) is 0 Å². The van der Waals surface area contributed by atoms with E-state index in [0.717, 1.165) is 17.9 Å². The van der Waals surface area contributed by atoms with Crippen molar-refractivity contribution in [2.24, 2.45) is 5.92 Å². The summed E-state index contributed by atoms with van der Waals surface area (Å²) in [6.07, 6.45) is 8.93. The molecule has 2 fully saturated rings. The standard InChI is InChI=1S/C22H33FO2/c1-3-5-17-6-8-18(9-7-17)19-10-12-20(13-11-19)21-24-15-22(23,14-4-2)16-25-21/h10-13,17-18,21H,3-9,14-16H2,1-2H3. The van der Waals surface area contributed by atoms with Crippen molar-refractivity contribution < 1.29 is 13.9 Å². The van der Waals surface area contributed by atoms with Gasteiger partial charge in [0.25, 0.3) is 0 Å². The van der Waals surface area contributed by atoms with Crippen LogP contribution in [0.1, 0.15) is 88.5 Å². The first-order chi connectivity index (χ1) is 12.1. The van der Waals surface area contributed by atoms with Crippen LogP contribution >= 0.6 is 0 Å². The van der Waals surface area contributed by atoms with Gasteiger partial charge in [0, 0.05) is 5.56 Å². The van der Waals surface area contributed by atoms with E-state index in [1.165, 1.54) is 44.1 Å². The average molecular weight is 349 g/mol. The Hall–Kier alpha value is -0.930. The van der Waals surface area contributed by atoms with E-state index in [0.29, 0.717) is 12.3 Å². The lowest BCUT2D eigenvalue weighted by Crippen LogP contribution is -2.41. The molecule has 2 aliphatic rings. The fourth-order valence-electron chi connectivity index (χ4n) is 4.44. The van der Waals surface area contributed by atoms with Gasteiger partial charge >= 0.3 is 0 Å². The Morgan fingerprint density at radius 3 is 2.08 bits per heavy atom. The van der Waals surface area contributed by atoms with Crippen LogP contribution in [0.2, 0.25) is 0 Å². The summed E-state index contributed by atoms with van der Waals surface area (Å²) < 4.78 is 25.7. The molecular weight excluding hydrogens is 315 g/mol. The van der Waals surface area contributed by atoms with E-state index in [2.05, 4.69) is 31.2 Å². The second-order valence-electron chi connectivity index (χ2n) is 8.03. The molecule has 1 aromatic rings. The van der Waals surface area contributed by atoms with Crippen LogP contribution < -0.4 is 0 Å². The Balaban J connectivity index is 1.53. The number of halogens is 1. The summed E-state index contributed by atoms with van der Waals surface area (Å²) in [5.74, 6) is 1.63. The van der Waals surface area contributed by atoms with E-state index in [-0.39, 0.29) is 13.2 Å². The van der Waals surface area contributed by atoms with E-state index in [1.54, 1.807) is 0 Å². The second kappa shape index (κ2) is 8.64. The summed E-state index contributed by atoms with van der Waals surface area (Å²) in [4.78, 5) is 0. The number of alkyl halides is 1. The van der Waals surface area contributed by atoms with Crippen molar-refractivity contribution in [3.8, 4) is 0 Å². The van der Waals surface area contributed by atoms with Crippen molar-refractivity contribution in [3.63, 3.8) is 0 Å². The lowest BCUT2D eigenvalue weighted by atomic mass is 9.77. The van der Waals surface area contributed by atoms with Gasteiger partial charge in [-0.05, 0) is 49.5 Å². The van der Waals surface area contributed by atoms with Gasteiger partial charge in [0.15, 0.2) is 12.0 Å². The molecule has 0 N–H and O–H groups in total. The predicted octanol–water partition coefficient (Wildman–Crippen LogP) is 6.31. The quantitative estimate of drug-likeness (QED) is 0.599. The molecule has 0 atom stereocenters. The van der Waals surface area contributed by atoms with E-state index in [1.807, 2.05) is 6.92 Å². The zero-order valence-corrected chi connectivity index (χ0v) is 15.8. The maximum atomic E-state index is 14.4. The largest absolute Gasteiger partial charge is 0.345 e. The van der Waals surface area contributed by atoms with Gasteiger partial charge in [0.2, 0.25) is 0 Å². The molecular formula is C22H33FO2. The Morgan fingerprint density at radius 2 is 1.52 bits per heavy atom. The van der Waals surface area contributed by atoms with Gasteiger partial charge in [0.05, 0.1) is 13.2 Å². The molecule has 0 aromatic heterocycles. The topological polar surface area (TPSA) is 18.5 Å². The first kappa shape index (κ1) is 18.8. The average Bonchev–Trinajstić information content (AvgIpc) is 2.64. The highest BCUT2D eigenvalue weighted by atomic mass is 19.1. The highest BCUT2D eigenvalue weighted by molar-refractivity contribution is 5.26. The number of hydrogen-bond acceptors (Lipinski definition) is 2. The summed E-state index contributed by atoms with van der Waals surface area (Å²) in [7, 11) is 0. The normalized spacial score (nSPS) is 33.3. The lowest BCUT2D eigenvalue weighted by Gasteiger charge is -2.34. The molecule has 25 heavy (non-hydrogen) atoms. The molecule has 1 aromatic carbocycles. The molecule has 0 radical (unpaired) electrons. The summed E-state index contributed by atoms with van der Waals surface area (Å²) in [5.41, 5.74) is 1.12. The monoisotopic (exact) mass is 348 g/mol. The minimum Gasteiger partial charge on any atom is -0.345 e. The minimum atomic E-state index is -1.32. The molecule has 1 aliphatic heterocycles. The highest BCUT2D eigenvalue weighted by Crippen LogP contribution is 2.38. The molecule has 3 heteroatoms. The summed E-state index contributed by atoms with van der Waals surface area (Å²) >= 11 is 0. The van der Waals surface area contributed by atoms with Crippen LogP contribution in [0.15, 0.2) is 24.3 Å². The van der Waals surface area contributed by atoms with E-state index in [9.17, 15) is 4.39 Å². The molecule has 1 heterocycles. The minimum absolute atomic E-state index is 0.134. The van der Waals surface area contributed by atoms with Crippen molar-refractivity contribution in [3.05, 3.63) is 35.4 Å². The fourth-order valence-corrected chi connectivity index (χ4v) is 4.44. The van der Waals surface area contributed by atoms with Crippen molar-refractivity contribution in [1.82, 2.24) is 0 Å². The van der Waals surface area contributed by atoms with Crippen molar-refractivity contribution >= 4 is 0 Å². The molecule has 1 saturated carbocycles. The van der Waals surface area contributed by atoms with Gasteiger partial charge < -0.3 is 9.47 Å². The smallest absolute Gasteiger partial charge is 0.184 e. The van der Waals surface area contributed by atoms with Crippen molar-refractivity contribution in [1.29, 1.82) is 0 Å². The van der Waals surface area contributed by atoms with E-state index >= 15 is 0 Å². The van der Waals surface area contributed by atoms with Gasteiger partial charge in [-0.15, -0.1) is 0 Å². The summed E-state index contributed by atoms with van der Waals surface area (Å²) in [5, 5.41) is 0. The first-order valence-electron chi connectivity index (χ1n) is 10.2. The van der Waals surface area contributed by atoms with Crippen LogP contribution in [0.5, 0.6) is 0 Å². The third-order valence-electron chi connectivity index (χ3n) is 5.91. The highest BCUT2D eigenvalue weighted by Gasteiger charge is 2.36. The van der Waals surface area contributed by atoms with Gasteiger partial charge in [0.1, 0.15) is 0 Å². The molecule has 0 amide bonds. The zero-order chi connectivity index (χ0) is 17.7. The summed E-state index contributed by atoms with van der Waals surface area (Å²) in [6, 6.07) is 8.64. The van der Waals surface area contributed by atoms with E-state index < -0.39 is 12.0 Å². The molecule has 3 rings (SSSR count). The van der Waals surface area contributed by atoms with Gasteiger partial charge in [-0.1, -0.05) is 57.4 Å². The maximum Gasteiger partial charge on any atom is 0.184 e. The third-order valence-corrected chi connectivity index (χ3v) is 5.91. The zero-order valence-electron chi connectivity index (χ0n) is 15.8. The number of rotatable bonds is 6. The molecule has 0 bridgehead atoms. The predicted molar refractivity (Wildman–Crippen MR) is 99.4 cm³/mol. The molecule has 2 nitrogen and oxygen atoms in total. The van der Waals surface area contributed by atoms with E-state index in [4.69, 9.17) is 9.47 Å². The second-order valence-corrected chi connectivity index (χ2v) is 8.03. The molecule has 1 aliphatic carbocycles. The van der Waals surface area contributed by atoms with Gasteiger partial charge in [-0.2, -0.15) is 0 Å². The maximum absolute atomic E-state index is 14.4. The SMILES string of the molecule is CCCC1CCC(c2ccc(C3OCC(F)(CCC)CO3)cc2)CC1. The summed E-state index contributed by atoms with van der Waals surface area (Å²) in [6.45, 7) is 4.54. The Morgan fingerprint density at radius 1 is 0.920 bits per heavy atom. The Kier molecular flexibility index (Phi) is 6.51. The number of ether oxygens (including phenoxy) is 2. The molecule has 140 valence electrons. The molecule has 0 unspecified atom stereocenters. The van der Waals surface area contributed by atoms with Crippen molar-refractivity contribution in [2.75, 3.05) is 13.2 Å². The van der Waals surface area contributed by atoms with Crippen LogP contribution in [-0.4, -0.2) is 18.9 Å². The number of benzene rings is 1. The van der Waals surface area contributed by atoms with Gasteiger partial charge in [-0.3, -0.25) is 0 Å². The lowest BCUT2D eigenvalue weighted by molar-refractivity contribution is -0.238. The Bertz CT molecular complexity index is 511. The Labute approximate surface area is 152 Å². The number of hydrogen-bond donors (Lipinski definition) is 0. The first-order valence-corrected chi connectivity index (χ1v) is 10.2. The third kappa shape index (κ3) is 4.83. The van der Waals surface area contributed by atoms with Crippen LogP contribution in [0.3, 0.4) is 0 Å². The molecule has 1 saturated heterocycles. The van der Waals surface area contributed by atoms with Gasteiger partial charge in [-0.25, -0.2) is 4.39 Å². The van der Waals surface area contributed by atoms with Crippen LogP contribution in [-0.2, 0) is 9.47 Å².